The van der Waals surface area contributed by atoms with Gasteiger partial charge in [-0.3, -0.25) is 9.59 Å². The molecule has 4 heterocycles. The first-order valence-corrected chi connectivity index (χ1v) is 11.0. The summed E-state index contributed by atoms with van der Waals surface area (Å²) in [5, 5.41) is 10.8. The van der Waals surface area contributed by atoms with Gasteiger partial charge < -0.3 is 15.1 Å². The molecular weight excluding hydrogens is 394 g/mol. The third-order valence-electron chi connectivity index (χ3n) is 6.84. The summed E-state index contributed by atoms with van der Waals surface area (Å²) < 4.78 is 0. The smallest absolute Gasteiger partial charge is 0.255 e. The van der Waals surface area contributed by atoms with Crippen LogP contribution >= 0.6 is 0 Å². The summed E-state index contributed by atoms with van der Waals surface area (Å²) in [5.74, 6) is 1.33. The van der Waals surface area contributed by atoms with E-state index < -0.39 is 5.41 Å². The minimum atomic E-state index is -0.542. The van der Waals surface area contributed by atoms with Crippen molar-refractivity contribution < 1.29 is 9.59 Å². The topological polar surface area (TPSA) is 104 Å². The van der Waals surface area contributed by atoms with Crippen LogP contribution in [0.15, 0.2) is 36.9 Å². The van der Waals surface area contributed by atoms with E-state index in [-0.39, 0.29) is 17.7 Å². The Bertz CT molecular complexity index is 937. The summed E-state index contributed by atoms with van der Waals surface area (Å²) in [7, 11) is 0. The molecule has 2 amide bonds. The molecule has 5 rings (SSSR count). The van der Waals surface area contributed by atoms with Gasteiger partial charge in [0.15, 0.2) is 0 Å². The minimum absolute atomic E-state index is 0.0109. The van der Waals surface area contributed by atoms with E-state index >= 15 is 0 Å². The highest BCUT2D eigenvalue weighted by atomic mass is 16.2. The van der Waals surface area contributed by atoms with E-state index in [0.717, 1.165) is 19.4 Å². The van der Waals surface area contributed by atoms with Gasteiger partial charge >= 0.3 is 0 Å². The number of rotatable bonds is 5. The second kappa shape index (κ2) is 8.20. The van der Waals surface area contributed by atoms with Crippen molar-refractivity contribution in [2.75, 3.05) is 37.6 Å². The monoisotopic (exact) mass is 421 g/mol. The first-order valence-electron chi connectivity index (χ1n) is 11.0. The standard InChI is InChI=1S/C22H27N7O2/c30-19(17-5-9-26-27-12-17)28-10-1-6-22(20(31)25-11-16-3-4-16)15-29(14-18(22)13-28)21-23-7-2-8-24-21/h2,5,7-9,12,16,18H,1,3-4,6,10-11,13-15H2,(H,25,31)/t18-,22-/m0/s1. The maximum Gasteiger partial charge on any atom is 0.255 e. The van der Waals surface area contributed by atoms with E-state index in [0.29, 0.717) is 43.6 Å². The summed E-state index contributed by atoms with van der Waals surface area (Å²) in [6.07, 6.45) is 10.4. The Morgan fingerprint density at radius 1 is 1.13 bits per heavy atom. The lowest BCUT2D eigenvalue weighted by molar-refractivity contribution is -0.132. The number of amides is 2. The van der Waals surface area contributed by atoms with Gasteiger partial charge in [0.25, 0.3) is 5.91 Å². The van der Waals surface area contributed by atoms with Gasteiger partial charge in [0.05, 0.1) is 23.4 Å². The Hall–Kier alpha value is -3.10. The second-order valence-corrected chi connectivity index (χ2v) is 8.92. The lowest BCUT2D eigenvalue weighted by Gasteiger charge is -2.32. The van der Waals surface area contributed by atoms with Crippen LogP contribution in [-0.4, -0.2) is 69.6 Å². The van der Waals surface area contributed by atoms with Gasteiger partial charge in [0.2, 0.25) is 11.9 Å². The zero-order valence-electron chi connectivity index (χ0n) is 17.5. The molecule has 2 saturated heterocycles. The van der Waals surface area contributed by atoms with E-state index in [1.807, 2.05) is 4.90 Å². The Morgan fingerprint density at radius 2 is 1.97 bits per heavy atom. The normalized spacial score (nSPS) is 25.6. The number of nitrogens with one attached hydrogen (secondary N) is 1. The molecule has 1 aliphatic carbocycles. The molecule has 9 nitrogen and oxygen atoms in total. The van der Waals surface area contributed by atoms with E-state index in [1.165, 1.54) is 25.2 Å². The Balaban J connectivity index is 1.40. The zero-order valence-corrected chi connectivity index (χ0v) is 17.5. The maximum atomic E-state index is 13.5. The molecular formula is C22H27N7O2. The summed E-state index contributed by atoms with van der Waals surface area (Å²) >= 11 is 0. The molecule has 162 valence electrons. The molecule has 0 bridgehead atoms. The van der Waals surface area contributed by atoms with Gasteiger partial charge in [-0.1, -0.05) is 0 Å². The molecule has 2 atom stereocenters. The van der Waals surface area contributed by atoms with Crippen LogP contribution in [0, 0.1) is 17.3 Å². The van der Waals surface area contributed by atoms with Crippen LogP contribution in [0.25, 0.3) is 0 Å². The lowest BCUT2D eigenvalue weighted by Crippen LogP contribution is -2.48. The zero-order chi connectivity index (χ0) is 21.3. The third kappa shape index (κ3) is 3.96. The molecule has 1 saturated carbocycles. The molecule has 0 spiro atoms. The van der Waals surface area contributed by atoms with Gasteiger partial charge in [-0.05, 0) is 43.7 Å². The van der Waals surface area contributed by atoms with Crippen LogP contribution in [0.4, 0.5) is 5.95 Å². The van der Waals surface area contributed by atoms with Crippen LogP contribution in [0.2, 0.25) is 0 Å². The number of nitrogens with zero attached hydrogens (tertiary/aromatic N) is 6. The van der Waals surface area contributed by atoms with Gasteiger partial charge in [0.1, 0.15) is 0 Å². The second-order valence-electron chi connectivity index (χ2n) is 8.92. The average molecular weight is 422 g/mol. The van der Waals surface area contributed by atoms with Crippen molar-refractivity contribution >= 4 is 17.8 Å². The SMILES string of the molecule is O=C(c1ccnnc1)N1CCC[C@]2(C(=O)NCC3CC3)CN(c3ncccn3)C[C@@H]2C1. The Labute approximate surface area is 181 Å². The Kier molecular flexibility index (Phi) is 5.25. The van der Waals surface area contributed by atoms with Crippen molar-refractivity contribution in [3.05, 3.63) is 42.5 Å². The molecule has 3 aliphatic rings. The highest BCUT2D eigenvalue weighted by Crippen LogP contribution is 2.44. The lowest BCUT2D eigenvalue weighted by atomic mass is 9.74. The number of anilines is 1. The average Bonchev–Trinajstić information content (AvgIpc) is 3.61. The van der Waals surface area contributed by atoms with Crippen molar-refractivity contribution in [2.24, 2.45) is 17.3 Å². The van der Waals surface area contributed by atoms with Crippen LogP contribution in [-0.2, 0) is 4.79 Å². The van der Waals surface area contributed by atoms with Crippen LogP contribution in [0.3, 0.4) is 0 Å². The van der Waals surface area contributed by atoms with Gasteiger partial charge in [-0.25, -0.2) is 9.97 Å². The van der Waals surface area contributed by atoms with Crippen LogP contribution < -0.4 is 10.2 Å². The summed E-state index contributed by atoms with van der Waals surface area (Å²) in [4.78, 5) is 39.4. The number of hydrogen-bond acceptors (Lipinski definition) is 7. The van der Waals surface area contributed by atoms with Gasteiger partial charge in [-0.15, -0.1) is 0 Å². The summed E-state index contributed by atoms with van der Waals surface area (Å²) in [6.45, 7) is 3.15. The molecule has 0 radical (unpaired) electrons. The molecule has 9 heteroatoms. The fourth-order valence-electron chi connectivity index (χ4n) is 4.93. The van der Waals surface area contributed by atoms with Crippen molar-refractivity contribution in [2.45, 2.75) is 25.7 Å². The van der Waals surface area contributed by atoms with E-state index in [1.54, 1.807) is 24.5 Å². The van der Waals surface area contributed by atoms with Crippen LogP contribution in [0.1, 0.15) is 36.0 Å². The first kappa shape index (κ1) is 19.8. The number of carbonyl (C=O) groups excluding carboxylic acids is 2. The number of likely N-dealkylation sites (tertiary alicyclic amines) is 1. The maximum absolute atomic E-state index is 13.5. The first-order chi connectivity index (χ1) is 15.2. The summed E-state index contributed by atoms with van der Waals surface area (Å²) in [5.41, 5.74) is -0.0125. The van der Waals surface area contributed by atoms with Crippen LogP contribution in [0.5, 0.6) is 0 Å². The quantitative estimate of drug-likeness (QED) is 0.772. The minimum Gasteiger partial charge on any atom is -0.355 e. The van der Waals surface area contributed by atoms with Crippen molar-refractivity contribution in [3.8, 4) is 0 Å². The fraction of sp³-hybridized carbons (Fsp3) is 0.545. The molecule has 31 heavy (non-hydrogen) atoms. The van der Waals surface area contributed by atoms with Crippen molar-refractivity contribution in [1.29, 1.82) is 0 Å². The molecule has 1 N–H and O–H groups in total. The molecule has 3 fully saturated rings. The number of fused-ring (bicyclic) bond motifs is 1. The van der Waals surface area contributed by atoms with Gasteiger partial charge in [-0.2, -0.15) is 10.2 Å². The predicted octanol–water partition coefficient (Wildman–Crippen LogP) is 1.15. The molecule has 2 aliphatic heterocycles. The Morgan fingerprint density at radius 3 is 2.71 bits per heavy atom. The highest BCUT2D eigenvalue weighted by molar-refractivity contribution is 5.94. The van der Waals surface area contributed by atoms with Crippen molar-refractivity contribution in [1.82, 2.24) is 30.4 Å². The highest BCUT2D eigenvalue weighted by Gasteiger charge is 2.54. The number of hydrogen-bond donors (Lipinski definition) is 1. The molecule has 2 aromatic rings. The fourth-order valence-corrected chi connectivity index (χ4v) is 4.93. The number of aromatic nitrogens is 4. The molecule has 0 unspecified atom stereocenters. The molecule has 0 aromatic carbocycles. The van der Waals surface area contributed by atoms with Crippen molar-refractivity contribution in [3.63, 3.8) is 0 Å². The molecule has 2 aromatic heterocycles. The predicted molar refractivity (Wildman–Crippen MR) is 113 cm³/mol. The van der Waals surface area contributed by atoms with E-state index in [4.69, 9.17) is 0 Å². The van der Waals surface area contributed by atoms with E-state index in [9.17, 15) is 9.59 Å². The third-order valence-corrected chi connectivity index (χ3v) is 6.84. The summed E-state index contributed by atoms with van der Waals surface area (Å²) in [6, 6.07) is 3.48. The largest absolute Gasteiger partial charge is 0.355 e. The van der Waals surface area contributed by atoms with E-state index in [2.05, 4.69) is 30.4 Å². The van der Waals surface area contributed by atoms with Gasteiger partial charge in [0, 0.05) is 51.0 Å². The number of carbonyl (C=O) groups is 2.